The van der Waals surface area contributed by atoms with Crippen molar-refractivity contribution >= 4 is 23.1 Å². The number of benzene rings is 3. The van der Waals surface area contributed by atoms with Crippen LogP contribution in [0.2, 0.25) is 0 Å². The van der Waals surface area contributed by atoms with E-state index in [1.807, 2.05) is 55.5 Å². The lowest BCUT2D eigenvalue weighted by Gasteiger charge is -2.16. The molecule has 6 nitrogen and oxygen atoms in total. The van der Waals surface area contributed by atoms with Crippen molar-refractivity contribution in [3.05, 3.63) is 95.2 Å². The van der Waals surface area contributed by atoms with Gasteiger partial charge in [-0.25, -0.2) is 0 Å². The number of methoxy groups -OCH3 is 2. The number of anilines is 1. The minimum absolute atomic E-state index is 0.152. The zero-order valence-corrected chi connectivity index (χ0v) is 18.2. The summed E-state index contributed by atoms with van der Waals surface area (Å²) in [5, 5.41) is 3.22. The summed E-state index contributed by atoms with van der Waals surface area (Å²) in [5.74, 6) is 0.489. The van der Waals surface area contributed by atoms with Crippen LogP contribution >= 0.6 is 0 Å². The summed E-state index contributed by atoms with van der Waals surface area (Å²) >= 11 is 0. The Morgan fingerprint density at radius 2 is 1.50 bits per heavy atom. The number of nitrogens with zero attached hydrogens (tertiary/aromatic N) is 1. The molecule has 0 aromatic heterocycles. The lowest BCUT2D eigenvalue weighted by atomic mass is 10.0. The van der Waals surface area contributed by atoms with Crippen LogP contribution < -0.4 is 14.8 Å². The van der Waals surface area contributed by atoms with Crippen LogP contribution in [0.3, 0.4) is 0 Å². The minimum Gasteiger partial charge on any atom is -0.497 e. The fourth-order valence-electron chi connectivity index (χ4n) is 3.70. The Bertz CT molecular complexity index is 1200. The standard InChI is InChI=1S/C26H24N2O4/c1-17-8-4-6-10-21(17)27-24-23(20-9-5-7-11-22(20)32-3)25(29)28(26(24)30)16-18-12-14-19(31-2)15-13-18/h4-15,27H,16H2,1-3H3. The van der Waals surface area contributed by atoms with Crippen LogP contribution in [0.25, 0.3) is 5.57 Å². The molecule has 1 N–H and O–H groups in total. The summed E-state index contributed by atoms with van der Waals surface area (Å²) in [4.78, 5) is 28.2. The van der Waals surface area contributed by atoms with E-state index in [2.05, 4.69) is 5.32 Å². The van der Waals surface area contributed by atoms with Gasteiger partial charge < -0.3 is 14.8 Å². The highest BCUT2D eigenvalue weighted by molar-refractivity contribution is 6.37. The second-order valence-corrected chi connectivity index (χ2v) is 7.43. The van der Waals surface area contributed by atoms with E-state index < -0.39 is 0 Å². The number of rotatable bonds is 7. The topological polar surface area (TPSA) is 67.9 Å². The van der Waals surface area contributed by atoms with Gasteiger partial charge >= 0.3 is 0 Å². The summed E-state index contributed by atoms with van der Waals surface area (Å²) in [6, 6.07) is 22.1. The van der Waals surface area contributed by atoms with Crippen molar-refractivity contribution in [1.82, 2.24) is 4.90 Å². The van der Waals surface area contributed by atoms with Crippen molar-refractivity contribution in [2.24, 2.45) is 0 Å². The van der Waals surface area contributed by atoms with E-state index in [9.17, 15) is 9.59 Å². The number of para-hydroxylation sites is 2. The van der Waals surface area contributed by atoms with Crippen LogP contribution in [0, 0.1) is 6.92 Å². The van der Waals surface area contributed by atoms with Gasteiger partial charge in [0.05, 0.1) is 26.3 Å². The molecule has 1 aliphatic rings. The first kappa shape index (κ1) is 21.2. The first-order valence-corrected chi connectivity index (χ1v) is 10.2. The Labute approximate surface area is 187 Å². The molecule has 1 aliphatic heterocycles. The summed E-state index contributed by atoms with van der Waals surface area (Å²) < 4.78 is 10.7. The summed E-state index contributed by atoms with van der Waals surface area (Å²) in [5.41, 5.74) is 3.66. The minimum atomic E-state index is -0.380. The van der Waals surface area contributed by atoms with Gasteiger partial charge in [-0.2, -0.15) is 0 Å². The smallest absolute Gasteiger partial charge is 0.278 e. The average molecular weight is 428 g/mol. The van der Waals surface area contributed by atoms with Crippen LogP contribution in [0.4, 0.5) is 5.69 Å². The third-order valence-electron chi connectivity index (χ3n) is 5.45. The molecule has 162 valence electrons. The lowest BCUT2D eigenvalue weighted by molar-refractivity contribution is -0.137. The second-order valence-electron chi connectivity index (χ2n) is 7.43. The molecule has 1 heterocycles. The monoisotopic (exact) mass is 428 g/mol. The van der Waals surface area contributed by atoms with Gasteiger partial charge in [-0.05, 0) is 42.3 Å². The van der Waals surface area contributed by atoms with Crippen LogP contribution in [-0.4, -0.2) is 30.9 Å². The Morgan fingerprint density at radius 3 is 2.19 bits per heavy atom. The molecule has 2 amide bonds. The molecule has 0 saturated carbocycles. The fourth-order valence-corrected chi connectivity index (χ4v) is 3.70. The predicted octanol–water partition coefficient (Wildman–Crippen LogP) is 4.40. The number of aryl methyl sites for hydroxylation is 1. The van der Waals surface area contributed by atoms with Crippen molar-refractivity contribution in [1.29, 1.82) is 0 Å². The van der Waals surface area contributed by atoms with Crippen molar-refractivity contribution in [2.45, 2.75) is 13.5 Å². The van der Waals surface area contributed by atoms with E-state index in [1.165, 1.54) is 4.90 Å². The lowest BCUT2D eigenvalue weighted by Crippen LogP contribution is -2.32. The number of hydrogen-bond acceptors (Lipinski definition) is 5. The fraction of sp³-hybridized carbons (Fsp3) is 0.154. The summed E-state index contributed by atoms with van der Waals surface area (Å²) in [6.07, 6.45) is 0. The van der Waals surface area contributed by atoms with Gasteiger partial charge in [0, 0.05) is 11.3 Å². The second kappa shape index (κ2) is 8.98. The number of imide groups is 1. The Morgan fingerprint density at radius 1 is 0.812 bits per heavy atom. The first-order chi connectivity index (χ1) is 15.5. The van der Waals surface area contributed by atoms with E-state index in [1.54, 1.807) is 38.5 Å². The van der Waals surface area contributed by atoms with Crippen molar-refractivity contribution in [3.63, 3.8) is 0 Å². The van der Waals surface area contributed by atoms with E-state index >= 15 is 0 Å². The molecule has 32 heavy (non-hydrogen) atoms. The van der Waals surface area contributed by atoms with Gasteiger partial charge in [-0.3, -0.25) is 14.5 Å². The SMILES string of the molecule is COc1ccc(CN2C(=O)C(Nc3ccccc3C)=C(c3ccccc3OC)C2=O)cc1. The van der Waals surface area contributed by atoms with Gasteiger partial charge in [-0.1, -0.05) is 48.5 Å². The molecule has 0 radical (unpaired) electrons. The molecule has 3 aromatic rings. The number of nitrogens with one attached hydrogen (secondary N) is 1. The highest BCUT2D eigenvalue weighted by Crippen LogP contribution is 2.36. The van der Waals surface area contributed by atoms with Crippen LogP contribution in [-0.2, 0) is 16.1 Å². The van der Waals surface area contributed by atoms with Crippen molar-refractivity contribution < 1.29 is 19.1 Å². The summed E-state index contributed by atoms with van der Waals surface area (Å²) in [7, 11) is 3.14. The number of amides is 2. The third kappa shape index (κ3) is 3.95. The number of carbonyl (C=O) groups excluding carboxylic acids is 2. The molecule has 4 rings (SSSR count). The van der Waals surface area contributed by atoms with Crippen molar-refractivity contribution in [2.75, 3.05) is 19.5 Å². The number of carbonyl (C=O) groups is 2. The van der Waals surface area contributed by atoms with E-state index in [4.69, 9.17) is 9.47 Å². The number of ether oxygens (including phenoxy) is 2. The molecule has 0 spiro atoms. The molecule has 0 bridgehead atoms. The normalized spacial score (nSPS) is 13.5. The maximum Gasteiger partial charge on any atom is 0.278 e. The highest BCUT2D eigenvalue weighted by atomic mass is 16.5. The zero-order chi connectivity index (χ0) is 22.7. The molecule has 3 aromatic carbocycles. The highest BCUT2D eigenvalue weighted by Gasteiger charge is 2.40. The number of hydrogen-bond donors (Lipinski definition) is 1. The molecule has 0 atom stereocenters. The predicted molar refractivity (Wildman–Crippen MR) is 123 cm³/mol. The van der Waals surface area contributed by atoms with E-state index in [0.29, 0.717) is 22.6 Å². The van der Waals surface area contributed by atoms with Crippen LogP contribution in [0.5, 0.6) is 11.5 Å². The molecule has 0 saturated heterocycles. The molecular weight excluding hydrogens is 404 g/mol. The summed E-state index contributed by atoms with van der Waals surface area (Å²) in [6.45, 7) is 2.10. The molecule has 0 unspecified atom stereocenters. The molecule has 6 heteroatoms. The molecule has 0 aliphatic carbocycles. The van der Waals surface area contributed by atoms with Gasteiger partial charge in [-0.15, -0.1) is 0 Å². The third-order valence-corrected chi connectivity index (χ3v) is 5.45. The average Bonchev–Trinajstić information content (AvgIpc) is 3.05. The van der Waals surface area contributed by atoms with Crippen LogP contribution in [0.1, 0.15) is 16.7 Å². The zero-order valence-electron chi connectivity index (χ0n) is 18.2. The Kier molecular flexibility index (Phi) is 5.94. The van der Waals surface area contributed by atoms with Crippen LogP contribution in [0.15, 0.2) is 78.5 Å². The Hall–Kier alpha value is -4.06. The largest absolute Gasteiger partial charge is 0.497 e. The van der Waals surface area contributed by atoms with Gasteiger partial charge in [0.15, 0.2) is 0 Å². The quantitative estimate of drug-likeness (QED) is 0.565. The maximum absolute atomic E-state index is 13.5. The Balaban J connectivity index is 1.76. The van der Waals surface area contributed by atoms with E-state index in [0.717, 1.165) is 16.8 Å². The van der Waals surface area contributed by atoms with E-state index in [-0.39, 0.29) is 24.1 Å². The first-order valence-electron chi connectivity index (χ1n) is 10.2. The maximum atomic E-state index is 13.5. The van der Waals surface area contributed by atoms with Gasteiger partial charge in [0.25, 0.3) is 11.8 Å². The van der Waals surface area contributed by atoms with Gasteiger partial charge in [0.1, 0.15) is 17.2 Å². The van der Waals surface area contributed by atoms with Crippen molar-refractivity contribution in [3.8, 4) is 11.5 Å². The van der Waals surface area contributed by atoms with Gasteiger partial charge in [0.2, 0.25) is 0 Å². The molecular formula is C26H24N2O4. The molecule has 0 fully saturated rings.